The lowest BCUT2D eigenvalue weighted by Gasteiger charge is -2.72. The van der Waals surface area contributed by atoms with Crippen LogP contribution in [-0.4, -0.2) is 161 Å². The SMILES string of the molecule is CC1(C)CC2C3=CCC4C5(C)CC(OC6OC(CO)C(O)C(O)C6O)C(O)C(C)(C)C5CCC4(C)C3(C)CC(O)C2(C(=O)O)CC1OC1OC(CO)C(O)C(O)C1O. The number of aliphatic hydroxyl groups excluding tert-OH is 10. The third-order valence-corrected chi connectivity index (χ3v) is 17.5. The highest BCUT2D eigenvalue weighted by molar-refractivity contribution is 5.78. The first kappa shape index (κ1) is 44.7. The van der Waals surface area contributed by atoms with E-state index in [1.54, 1.807) is 0 Å². The molecule has 0 aromatic carbocycles. The molecule has 332 valence electrons. The molecule has 5 aliphatic carbocycles. The van der Waals surface area contributed by atoms with E-state index in [0.717, 1.165) is 18.4 Å². The summed E-state index contributed by atoms with van der Waals surface area (Å²) < 4.78 is 24.0. The number of hydrogen-bond acceptors (Lipinski definition) is 15. The van der Waals surface area contributed by atoms with Crippen LogP contribution in [0, 0.1) is 50.2 Å². The van der Waals surface area contributed by atoms with E-state index < -0.39 is 143 Å². The van der Waals surface area contributed by atoms with Crippen LogP contribution in [0.2, 0.25) is 0 Å². The highest BCUT2D eigenvalue weighted by Gasteiger charge is 2.73. The van der Waals surface area contributed by atoms with Crippen molar-refractivity contribution in [2.75, 3.05) is 13.2 Å². The maximum absolute atomic E-state index is 13.7. The summed E-state index contributed by atoms with van der Waals surface area (Å²) in [6, 6.07) is 0. The number of ether oxygens (including phenoxy) is 4. The Morgan fingerprint density at radius 1 is 0.724 bits per heavy atom. The van der Waals surface area contributed by atoms with E-state index in [9.17, 15) is 61.0 Å². The van der Waals surface area contributed by atoms with Crippen LogP contribution in [-0.2, 0) is 23.7 Å². The Kier molecular flexibility index (Phi) is 11.5. The molecule has 0 radical (unpaired) electrons. The number of allylic oxidation sites excluding steroid dienone is 2. The Balaban J connectivity index is 1.21. The van der Waals surface area contributed by atoms with E-state index in [-0.39, 0.29) is 24.7 Å². The zero-order chi connectivity index (χ0) is 42.9. The number of aliphatic carboxylic acids is 1. The first-order valence-corrected chi connectivity index (χ1v) is 21.1. The van der Waals surface area contributed by atoms with Gasteiger partial charge in [-0.1, -0.05) is 60.1 Å². The number of carbonyl (C=O) groups is 1. The molecule has 0 spiro atoms. The third-order valence-electron chi connectivity index (χ3n) is 17.5. The molecule has 2 saturated heterocycles. The molecule has 0 bridgehead atoms. The fraction of sp³-hybridized carbons (Fsp3) is 0.929. The molecule has 4 saturated carbocycles. The van der Waals surface area contributed by atoms with Gasteiger partial charge in [0.25, 0.3) is 0 Å². The van der Waals surface area contributed by atoms with Crippen molar-refractivity contribution < 1.29 is 79.9 Å². The van der Waals surface area contributed by atoms with Gasteiger partial charge in [-0.2, -0.15) is 0 Å². The summed E-state index contributed by atoms with van der Waals surface area (Å²) in [4.78, 5) is 13.7. The van der Waals surface area contributed by atoms with Gasteiger partial charge in [0.05, 0.1) is 37.6 Å². The van der Waals surface area contributed by atoms with E-state index in [1.807, 2.05) is 27.7 Å². The van der Waals surface area contributed by atoms with Crippen molar-refractivity contribution in [1.29, 1.82) is 0 Å². The van der Waals surface area contributed by atoms with Gasteiger partial charge in [-0.15, -0.1) is 0 Å². The number of fused-ring (bicyclic) bond motifs is 7. The highest BCUT2D eigenvalue weighted by Crippen LogP contribution is 2.76. The van der Waals surface area contributed by atoms with Crippen LogP contribution in [0.1, 0.15) is 93.4 Å². The van der Waals surface area contributed by atoms with Crippen molar-refractivity contribution in [3.63, 3.8) is 0 Å². The number of rotatable bonds is 7. The van der Waals surface area contributed by atoms with Crippen molar-refractivity contribution in [3.05, 3.63) is 11.6 Å². The lowest BCUT2D eigenvalue weighted by molar-refractivity contribution is -0.335. The highest BCUT2D eigenvalue weighted by atomic mass is 16.7. The summed E-state index contributed by atoms with van der Waals surface area (Å²) in [5.41, 5.74) is -3.64. The second kappa shape index (κ2) is 14.9. The number of carboxylic acid groups (broad SMARTS) is 1. The summed E-state index contributed by atoms with van der Waals surface area (Å²) in [6.07, 6.45) is -14.0. The number of carboxylic acids is 1. The van der Waals surface area contributed by atoms with E-state index in [4.69, 9.17) is 18.9 Å². The molecule has 58 heavy (non-hydrogen) atoms. The monoisotopic (exact) mass is 828 g/mol. The van der Waals surface area contributed by atoms with Crippen LogP contribution < -0.4 is 0 Å². The molecule has 0 amide bonds. The van der Waals surface area contributed by atoms with Crippen molar-refractivity contribution in [1.82, 2.24) is 0 Å². The molecule has 6 fully saturated rings. The number of aliphatic hydroxyl groups is 10. The molecule has 0 aromatic heterocycles. The summed E-state index contributed by atoms with van der Waals surface area (Å²) >= 11 is 0. The minimum absolute atomic E-state index is 0.0106. The summed E-state index contributed by atoms with van der Waals surface area (Å²) in [5.74, 6) is -1.73. The van der Waals surface area contributed by atoms with Crippen LogP contribution in [0.3, 0.4) is 0 Å². The van der Waals surface area contributed by atoms with E-state index in [1.165, 1.54) is 0 Å². The fourth-order valence-corrected chi connectivity index (χ4v) is 13.8. The maximum Gasteiger partial charge on any atom is 0.312 e. The smallest absolute Gasteiger partial charge is 0.312 e. The van der Waals surface area contributed by atoms with Crippen LogP contribution in [0.15, 0.2) is 11.6 Å². The molecular weight excluding hydrogens is 760 g/mol. The zero-order valence-corrected chi connectivity index (χ0v) is 34.7. The Morgan fingerprint density at radius 3 is 1.81 bits per heavy atom. The van der Waals surface area contributed by atoms with Gasteiger partial charge in [0, 0.05) is 0 Å². The molecule has 11 N–H and O–H groups in total. The minimum Gasteiger partial charge on any atom is -0.481 e. The molecule has 16 nitrogen and oxygen atoms in total. The van der Waals surface area contributed by atoms with Gasteiger partial charge < -0.3 is 75.1 Å². The van der Waals surface area contributed by atoms with Crippen molar-refractivity contribution in [2.45, 2.75) is 179 Å². The Hall–Kier alpha value is -1.35. The average Bonchev–Trinajstić information content (AvgIpc) is 3.14. The Morgan fingerprint density at radius 2 is 1.28 bits per heavy atom. The van der Waals surface area contributed by atoms with Gasteiger partial charge in [0.15, 0.2) is 12.6 Å². The lowest BCUT2D eigenvalue weighted by atomic mass is 9.33. The molecule has 7 rings (SSSR count). The summed E-state index contributed by atoms with van der Waals surface area (Å²) in [5, 5.41) is 118. The summed E-state index contributed by atoms with van der Waals surface area (Å²) in [6.45, 7) is 13.3. The molecule has 2 heterocycles. The fourth-order valence-electron chi connectivity index (χ4n) is 13.8. The third kappa shape index (κ3) is 6.25. The predicted octanol–water partition coefficient (Wildman–Crippen LogP) is -0.206. The van der Waals surface area contributed by atoms with Crippen molar-refractivity contribution in [3.8, 4) is 0 Å². The topological polar surface area (TPSA) is 277 Å². The van der Waals surface area contributed by atoms with Crippen LogP contribution in [0.5, 0.6) is 0 Å². The predicted molar refractivity (Wildman–Crippen MR) is 202 cm³/mol. The Labute approximate surface area is 339 Å². The van der Waals surface area contributed by atoms with E-state index in [0.29, 0.717) is 19.3 Å². The maximum atomic E-state index is 13.7. The van der Waals surface area contributed by atoms with Gasteiger partial charge in [-0.05, 0) is 89.8 Å². The second-order valence-corrected chi connectivity index (χ2v) is 21.0. The normalized spacial score (nSPS) is 54.9. The van der Waals surface area contributed by atoms with Gasteiger partial charge in [0.1, 0.15) is 54.2 Å². The van der Waals surface area contributed by atoms with Gasteiger partial charge in [0.2, 0.25) is 0 Å². The standard InChI is InChI=1S/C42H68O16/c1-37(2)12-19-18-8-9-24-39(5)13-20(55-34-31(50)29(48)27(46)21(16-43)56-34)33(52)38(3,4)23(39)10-11-40(24,6)41(18,7)14-25(45)42(19,36(53)54)15-26(37)58-35-32(51)30(49)28(47)22(17-44)57-35/h8,19-35,43-52H,9-17H2,1-7H3,(H,53,54). The molecular formula is C42H68O16. The molecule has 16 heteroatoms. The zero-order valence-electron chi connectivity index (χ0n) is 34.7. The quantitative estimate of drug-likeness (QED) is 0.117. The average molecular weight is 829 g/mol. The molecule has 2 aliphatic heterocycles. The van der Waals surface area contributed by atoms with Crippen molar-refractivity contribution >= 4 is 5.97 Å². The van der Waals surface area contributed by atoms with Crippen LogP contribution in [0.4, 0.5) is 0 Å². The summed E-state index contributed by atoms with van der Waals surface area (Å²) in [7, 11) is 0. The van der Waals surface area contributed by atoms with Gasteiger partial charge >= 0.3 is 5.97 Å². The molecule has 21 atom stereocenters. The largest absolute Gasteiger partial charge is 0.481 e. The minimum atomic E-state index is -1.67. The van der Waals surface area contributed by atoms with E-state index >= 15 is 0 Å². The first-order valence-electron chi connectivity index (χ1n) is 21.1. The van der Waals surface area contributed by atoms with Crippen LogP contribution in [0.25, 0.3) is 0 Å². The first-order chi connectivity index (χ1) is 26.9. The number of hydrogen-bond donors (Lipinski definition) is 11. The van der Waals surface area contributed by atoms with Crippen molar-refractivity contribution in [2.24, 2.45) is 50.2 Å². The molecule has 0 aromatic rings. The molecule has 21 unspecified atom stereocenters. The Bertz CT molecular complexity index is 1590. The lowest BCUT2D eigenvalue weighted by Crippen LogP contribution is -2.70. The van der Waals surface area contributed by atoms with Crippen LogP contribution >= 0.6 is 0 Å². The van der Waals surface area contributed by atoms with Gasteiger partial charge in [-0.3, -0.25) is 4.79 Å². The second-order valence-electron chi connectivity index (χ2n) is 21.0. The molecule has 7 aliphatic rings. The van der Waals surface area contributed by atoms with Gasteiger partial charge in [-0.25, -0.2) is 0 Å². The van der Waals surface area contributed by atoms with E-state index in [2.05, 4.69) is 26.8 Å².